The lowest BCUT2D eigenvalue weighted by molar-refractivity contribution is -0.155. The van der Waals surface area contributed by atoms with Gasteiger partial charge in [-0.3, -0.25) is 14.4 Å². The Bertz CT molecular complexity index is 382. The highest BCUT2D eigenvalue weighted by atomic mass is 16.4. The second kappa shape index (κ2) is 7.23. The number of carbonyl (C=O) groups is 3. The summed E-state index contributed by atoms with van der Waals surface area (Å²) in [4.78, 5) is 36.1. The van der Waals surface area contributed by atoms with E-state index >= 15 is 0 Å². The van der Waals surface area contributed by atoms with Gasteiger partial charge in [0, 0.05) is 13.1 Å². The molecule has 1 rings (SSSR count). The van der Waals surface area contributed by atoms with Gasteiger partial charge in [0.05, 0.1) is 18.5 Å². The maximum atomic E-state index is 12.0. The molecule has 20 heavy (non-hydrogen) atoms. The molecular formula is C13H23N3O4. The summed E-state index contributed by atoms with van der Waals surface area (Å²) in [6, 6.07) is 0. The Morgan fingerprint density at radius 1 is 1.40 bits per heavy atom. The van der Waals surface area contributed by atoms with Crippen LogP contribution in [0.1, 0.15) is 32.6 Å². The molecule has 0 aliphatic carbocycles. The van der Waals surface area contributed by atoms with Crippen molar-refractivity contribution in [2.24, 2.45) is 11.1 Å². The topological polar surface area (TPSA) is 113 Å². The summed E-state index contributed by atoms with van der Waals surface area (Å²) in [6.07, 6.45) is 2.58. The smallest absolute Gasteiger partial charge is 0.311 e. The number of piperidine rings is 1. The molecule has 1 heterocycles. The molecule has 1 unspecified atom stereocenters. The summed E-state index contributed by atoms with van der Waals surface area (Å²) in [5, 5.41) is 11.9. The Kier molecular flexibility index (Phi) is 5.94. The number of rotatable bonds is 6. The minimum absolute atomic E-state index is 0.127. The minimum atomic E-state index is -0.847. The average Bonchev–Trinajstić information content (AvgIpc) is 2.44. The van der Waals surface area contributed by atoms with Crippen LogP contribution in [0, 0.1) is 5.41 Å². The third-order valence-electron chi connectivity index (χ3n) is 3.73. The van der Waals surface area contributed by atoms with Crippen LogP contribution in [0.4, 0.5) is 0 Å². The number of nitrogens with zero attached hydrogens (tertiary/aromatic N) is 1. The van der Waals surface area contributed by atoms with Crippen LogP contribution in [0.25, 0.3) is 0 Å². The fourth-order valence-corrected chi connectivity index (χ4v) is 2.67. The first-order valence-electron chi connectivity index (χ1n) is 6.93. The molecule has 1 aliphatic heterocycles. The van der Waals surface area contributed by atoms with Crippen LogP contribution in [-0.4, -0.2) is 54.0 Å². The number of carbonyl (C=O) groups excluding carboxylic acids is 2. The highest BCUT2D eigenvalue weighted by Crippen LogP contribution is 2.35. The van der Waals surface area contributed by atoms with Gasteiger partial charge >= 0.3 is 5.97 Å². The van der Waals surface area contributed by atoms with Gasteiger partial charge in [0.15, 0.2) is 0 Å². The molecule has 1 fully saturated rings. The van der Waals surface area contributed by atoms with Crippen LogP contribution in [0.3, 0.4) is 0 Å². The van der Waals surface area contributed by atoms with E-state index in [9.17, 15) is 19.5 Å². The van der Waals surface area contributed by atoms with Crippen molar-refractivity contribution in [2.45, 2.75) is 32.6 Å². The molecule has 114 valence electrons. The normalized spacial score (nSPS) is 22.4. The third kappa shape index (κ3) is 3.93. The molecule has 0 aromatic carbocycles. The fraction of sp³-hybridized carbons (Fsp3) is 0.769. The van der Waals surface area contributed by atoms with Crippen molar-refractivity contribution < 1.29 is 19.5 Å². The van der Waals surface area contributed by atoms with E-state index in [1.54, 1.807) is 0 Å². The number of hydrogen-bond donors (Lipinski definition) is 3. The molecule has 0 radical (unpaired) electrons. The first-order chi connectivity index (χ1) is 9.45. The zero-order valence-electron chi connectivity index (χ0n) is 11.9. The highest BCUT2D eigenvalue weighted by molar-refractivity contribution is 5.86. The molecular weight excluding hydrogens is 262 g/mol. The number of amides is 2. The van der Waals surface area contributed by atoms with E-state index in [4.69, 9.17) is 5.73 Å². The molecule has 0 bridgehead atoms. The van der Waals surface area contributed by atoms with E-state index in [0.29, 0.717) is 25.8 Å². The fourth-order valence-electron chi connectivity index (χ4n) is 2.67. The number of carboxylic acid groups (broad SMARTS) is 1. The number of nitrogens with one attached hydrogen (secondary N) is 1. The Balaban J connectivity index is 2.65. The lowest BCUT2D eigenvalue weighted by Gasteiger charge is -2.40. The van der Waals surface area contributed by atoms with Crippen molar-refractivity contribution in [1.82, 2.24) is 10.2 Å². The standard InChI is InChI=1S/C13H23N3O4/c1-2-4-13(12(19)20)5-3-6-16(9-13)11(18)8-15-10(17)7-14/h2-9,14H2,1H3,(H,15,17)(H,19,20). The van der Waals surface area contributed by atoms with Crippen molar-refractivity contribution in [2.75, 3.05) is 26.2 Å². The molecule has 7 nitrogen and oxygen atoms in total. The van der Waals surface area contributed by atoms with Gasteiger partial charge in [0.25, 0.3) is 0 Å². The first kappa shape index (κ1) is 16.4. The quantitative estimate of drug-likeness (QED) is 0.612. The number of carboxylic acids is 1. The minimum Gasteiger partial charge on any atom is -0.481 e. The van der Waals surface area contributed by atoms with Gasteiger partial charge in [-0.15, -0.1) is 0 Å². The second-order valence-corrected chi connectivity index (χ2v) is 5.24. The molecule has 7 heteroatoms. The van der Waals surface area contributed by atoms with E-state index in [0.717, 1.165) is 6.42 Å². The molecule has 1 saturated heterocycles. The average molecular weight is 285 g/mol. The van der Waals surface area contributed by atoms with Gasteiger partial charge in [-0.25, -0.2) is 0 Å². The van der Waals surface area contributed by atoms with Crippen molar-refractivity contribution in [3.8, 4) is 0 Å². The van der Waals surface area contributed by atoms with E-state index in [-0.39, 0.29) is 25.5 Å². The van der Waals surface area contributed by atoms with Crippen molar-refractivity contribution >= 4 is 17.8 Å². The number of nitrogens with two attached hydrogens (primary N) is 1. The van der Waals surface area contributed by atoms with Crippen LogP contribution in [0.5, 0.6) is 0 Å². The number of likely N-dealkylation sites (tertiary alicyclic amines) is 1. The van der Waals surface area contributed by atoms with Crippen molar-refractivity contribution in [3.05, 3.63) is 0 Å². The van der Waals surface area contributed by atoms with Crippen LogP contribution in [-0.2, 0) is 14.4 Å². The molecule has 0 aromatic rings. The molecule has 0 spiro atoms. The largest absolute Gasteiger partial charge is 0.481 e. The first-order valence-corrected chi connectivity index (χ1v) is 6.93. The number of aliphatic carboxylic acids is 1. The summed E-state index contributed by atoms with van der Waals surface area (Å²) in [6.45, 7) is 2.40. The van der Waals surface area contributed by atoms with Gasteiger partial charge in [-0.2, -0.15) is 0 Å². The number of hydrogen-bond acceptors (Lipinski definition) is 4. The van der Waals surface area contributed by atoms with Crippen LogP contribution >= 0.6 is 0 Å². The van der Waals surface area contributed by atoms with E-state index < -0.39 is 17.3 Å². The Hall–Kier alpha value is -1.63. The zero-order valence-corrected chi connectivity index (χ0v) is 11.9. The van der Waals surface area contributed by atoms with Crippen LogP contribution in [0.2, 0.25) is 0 Å². The maximum Gasteiger partial charge on any atom is 0.311 e. The predicted molar refractivity (Wildman–Crippen MR) is 72.9 cm³/mol. The van der Waals surface area contributed by atoms with Crippen molar-refractivity contribution in [3.63, 3.8) is 0 Å². The van der Waals surface area contributed by atoms with Gasteiger partial charge in [0.2, 0.25) is 11.8 Å². The zero-order chi connectivity index (χ0) is 15.2. The molecule has 4 N–H and O–H groups in total. The third-order valence-corrected chi connectivity index (χ3v) is 3.73. The lowest BCUT2D eigenvalue weighted by atomic mass is 9.76. The maximum absolute atomic E-state index is 12.0. The van der Waals surface area contributed by atoms with Gasteiger partial charge in [-0.05, 0) is 19.3 Å². The SMILES string of the molecule is CCCC1(C(=O)O)CCCN(C(=O)CNC(=O)CN)C1. The molecule has 0 saturated carbocycles. The molecule has 2 amide bonds. The molecule has 1 aliphatic rings. The van der Waals surface area contributed by atoms with Gasteiger partial charge in [-0.1, -0.05) is 13.3 Å². The Morgan fingerprint density at radius 2 is 2.10 bits per heavy atom. The van der Waals surface area contributed by atoms with Crippen LogP contribution in [0.15, 0.2) is 0 Å². The predicted octanol–water partition coefficient (Wildman–Crippen LogP) is -0.445. The molecule has 1 atom stereocenters. The lowest BCUT2D eigenvalue weighted by Crippen LogP contribution is -2.52. The van der Waals surface area contributed by atoms with Crippen molar-refractivity contribution in [1.29, 1.82) is 0 Å². The van der Waals surface area contributed by atoms with E-state index in [2.05, 4.69) is 5.32 Å². The Morgan fingerprint density at radius 3 is 2.65 bits per heavy atom. The monoisotopic (exact) mass is 285 g/mol. The molecule has 0 aromatic heterocycles. The summed E-state index contributed by atoms with van der Waals surface area (Å²) >= 11 is 0. The summed E-state index contributed by atoms with van der Waals surface area (Å²) in [5.74, 6) is -1.50. The van der Waals surface area contributed by atoms with E-state index in [1.165, 1.54) is 4.90 Å². The Labute approximate surface area is 118 Å². The second-order valence-electron chi connectivity index (χ2n) is 5.24. The summed E-state index contributed by atoms with van der Waals surface area (Å²) < 4.78 is 0. The summed E-state index contributed by atoms with van der Waals surface area (Å²) in [5.41, 5.74) is 4.30. The van der Waals surface area contributed by atoms with Crippen LogP contribution < -0.4 is 11.1 Å². The highest BCUT2D eigenvalue weighted by Gasteiger charge is 2.42. The van der Waals surface area contributed by atoms with Gasteiger partial charge < -0.3 is 21.1 Å². The van der Waals surface area contributed by atoms with E-state index in [1.807, 2.05) is 6.92 Å². The van der Waals surface area contributed by atoms with Gasteiger partial charge in [0.1, 0.15) is 0 Å². The summed E-state index contributed by atoms with van der Waals surface area (Å²) in [7, 11) is 0.